The van der Waals surface area contributed by atoms with Crippen molar-refractivity contribution in [3.8, 4) is 0 Å². The number of hydrogen-bond donors (Lipinski definition) is 5. The van der Waals surface area contributed by atoms with Crippen LogP contribution in [-0.2, 0) is 42.3 Å². The van der Waals surface area contributed by atoms with Gasteiger partial charge in [-0.25, -0.2) is 14.8 Å². The van der Waals surface area contributed by atoms with Crippen LogP contribution in [-0.4, -0.2) is 106 Å². The first-order valence-corrected chi connectivity index (χ1v) is 21.2. The molecule has 64 heavy (non-hydrogen) atoms. The largest absolute Gasteiger partial charge is 0.491 e. The van der Waals surface area contributed by atoms with Gasteiger partial charge in [0.15, 0.2) is 0 Å². The molecule has 1 atom stereocenters. The number of aromatic nitrogens is 3. The molecule has 2 aromatic heterocycles. The lowest BCUT2D eigenvalue weighted by Crippen LogP contribution is -2.40. The van der Waals surface area contributed by atoms with Crippen molar-refractivity contribution in [1.29, 1.82) is 0 Å². The Bertz CT molecular complexity index is 2640. The number of pyridine rings is 1. The highest BCUT2D eigenvalue weighted by Gasteiger charge is 2.43. The molecule has 18 nitrogen and oxygen atoms in total. The zero-order valence-electron chi connectivity index (χ0n) is 34.1. The van der Waals surface area contributed by atoms with Crippen LogP contribution in [0.25, 0.3) is 11.0 Å². The summed E-state index contributed by atoms with van der Waals surface area (Å²) in [5.41, 5.74) is 5.80. The average Bonchev–Trinajstić information content (AvgIpc) is 3.63. The van der Waals surface area contributed by atoms with Crippen LogP contribution in [0.5, 0.6) is 0 Å². The van der Waals surface area contributed by atoms with E-state index in [1.165, 1.54) is 60.8 Å². The topological polar surface area (TPSA) is 245 Å². The van der Waals surface area contributed by atoms with Crippen molar-refractivity contribution in [2.75, 3.05) is 30.9 Å². The molecule has 336 valence electrons. The molecule has 0 spiro atoms. The van der Waals surface area contributed by atoms with Crippen molar-refractivity contribution in [1.82, 2.24) is 30.1 Å². The normalized spacial score (nSPS) is 14.1. The first-order valence-electron chi connectivity index (χ1n) is 19.8. The van der Waals surface area contributed by atoms with Crippen LogP contribution in [0.3, 0.4) is 0 Å². The van der Waals surface area contributed by atoms with E-state index >= 15 is 0 Å². The first kappa shape index (κ1) is 46.3. The Morgan fingerprint density at radius 2 is 1.73 bits per heavy atom. The van der Waals surface area contributed by atoms with Crippen molar-refractivity contribution in [3.63, 3.8) is 0 Å². The van der Waals surface area contributed by atoms with Crippen molar-refractivity contribution in [3.05, 3.63) is 113 Å². The molecule has 6 rings (SSSR count). The minimum atomic E-state index is -5.38. The van der Waals surface area contributed by atoms with Crippen LogP contribution in [0.2, 0.25) is 0 Å². The highest BCUT2D eigenvalue weighted by molar-refractivity contribution is 7.86. The number of rotatable bonds is 17. The molecule has 0 radical (unpaired) electrons. The summed E-state index contributed by atoms with van der Waals surface area (Å²) in [6.07, 6.45) is -0.952. The quantitative estimate of drug-likeness (QED) is 0.0205. The number of H-pyrrole nitrogens is 1. The van der Waals surface area contributed by atoms with Gasteiger partial charge in [-0.3, -0.25) is 29.2 Å². The van der Waals surface area contributed by atoms with Crippen LogP contribution in [0.4, 0.5) is 24.7 Å². The third-order valence-corrected chi connectivity index (χ3v) is 10.8. The number of nitrogens with one attached hydrogen (secondary N) is 4. The summed E-state index contributed by atoms with van der Waals surface area (Å²) in [6.45, 7) is 0.879. The van der Waals surface area contributed by atoms with E-state index in [4.69, 9.17) is 0 Å². The number of carbonyl (C=O) groups excluding carboxylic acids is 5. The zero-order chi connectivity index (χ0) is 46.0. The van der Waals surface area contributed by atoms with Crippen LogP contribution < -0.4 is 16.1 Å². The SMILES string of the molecule is CN1Cc2cc(C(=O)N(CCCCCCNC(=O)c3ccc(NN=Cc4ccccc4S(=O)(=O)O)nc3)Cc3nc4ccccc4[nH]3)ccc2NC(CC(=O)OC(=O)C(F)(F)F)C1=O. The third-order valence-electron chi connectivity index (χ3n) is 9.88. The Morgan fingerprint density at radius 1 is 1.00 bits per heavy atom. The van der Waals surface area contributed by atoms with E-state index in [0.29, 0.717) is 54.1 Å². The lowest BCUT2D eigenvalue weighted by atomic mass is 10.1. The minimum Gasteiger partial charge on any atom is -0.386 e. The Hall–Kier alpha value is -7.20. The number of anilines is 2. The van der Waals surface area contributed by atoms with Crippen molar-refractivity contribution < 1.29 is 54.9 Å². The summed E-state index contributed by atoms with van der Waals surface area (Å²) >= 11 is 0. The van der Waals surface area contributed by atoms with Crippen molar-refractivity contribution in [2.45, 2.75) is 62.3 Å². The first-order chi connectivity index (χ1) is 30.5. The number of unbranched alkanes of at least 4 members (excludes halogenated alkanes) is 3. The van der Waals surface area contributed by atoms with E-state index < -0.39 is 46.6 Å². The lowest BCUT2D eigenvalue weighted by Gasteiger charge is -2.23. The number of benzene rings is 3. The standard InChI is InChI=1S/C42H42F3N9O9S/c1-53-24-29-20-26(14-16-30(29)49-33(40(53)58)21-37(55)63-41(59)42(43,44)45)39(57)54(25-36-50-31-11-5-6-12-32(31)51-36)19-9-3-2-8-18-46-38(56)28-15-17-35(47-22-28)52-48-23-27-10-4-7-13-34(27)64(60,61)62/h4-7,10-17,20,22-23,33,49H,2-3,8-9,18-19,21,24-25H2,1H3,(H,46,56)(H,47,52)(H,50,51)(H,60,61,62). The maximum absolute atomic E-state index is 14.1. The van der Waals surface area contributed by atoms with Gasteiger partial charge in [-0.05, 0) is 66.9 Å². The molecule has 3 amide bonds. The number of nitrogens with zero attached hydrogens (tertiary/aromatic N) is 5. The van der Waals surface area contributed by atoms with E-state index in [0.717, 1.165) is 23.9 Å². The molecule has 22 heteroatoms. The van der Waals surface area contributed by atoms with Gasteiger partial charge in [0.1, 0.15) is 22.6 Å². The van der Waals surface area contributed by atoms with E-state index in [-0.39, 0.29) is 41.2 Å². The molecule has 3 aromatic carbocycles. The Kier molecular flexibility index (Phi) is 14.7. The lowest BCUT2D eigenvalue weighted by molar-refractivity contribution is -0.202. The van der Waals surface area contributed by atoms with Gasteiger partial charge >= 0.3 is 18.1 Å². The van der Waals surface area contributed by atoms with Gasteiger partial charge in [0.05, 0.1) is 35.8 Å². The molecule has 5 N–H and O–H groups in total. The Balaban J connectivity index is 1.02. The smallest absolute Gasteiger partial charge is 0.386 e. The highest BCUT2D eigenvalue weighted by atomic mass is 32.2. The van der Waals surface area contributed by atoms with Crippen molar-refractivity contribution in [2.24, 2.45) is 5.10 Å². The number of imidazole rings is 1. The maximum atomic E-state index is 14.1. The summed E-state index contributed by atoms with van der Waals surface area (Å²) in [4.78, 5) is 77.9. The molecular formula is C42H42F3N9O9S. The third kappa shape index (κ3) is 12.2. The van der Waals surface area contributed by atoms with Crippen LogP contribution in [0.15, 0.2) is 95.1 Å². The number of esters is 2. The van der Waals surface area contributed by atoms with E-state index in [1.54, 1.807) is 23.1 Å². The number of likely N-dealkylation sites (N-methyl/N-ethyl adjacent to an activating group) is 1. The predicted molar refractivity (Wildman–Crippen MR) is 225 cm³/mol. The number of aromatic amines is 1. The fraction of sp³-hybridized carbons (Fsp3) is 0.286. The molecule has 5 aromatic rings. The summed E-state index contributed by atoms with van der Waals surface area (Å²) in [5.74, 6) is -4.68. The number of hydrogen-bond acceptors (Lipinski definition) is 13. The van der Waals surface area contributed by atoms with Gasteiger partial charge in [0.2, 0.25) is 5.91 Å². The van der Waals surface area contributed by atoms with Gasteiger partial charge in [-0.2, -0.15) is 26.7 Å². The minimum absolute atomic E-state index is 0.00336. The Labute approximate surface area is 364 Å². The second-order valence-electron chi connectivity index (χ2n) is 14.6. The number of carbonyl (C=O) groups is 5. The number of alkyl halides is 3. The molecule has 1 aliphatic heterocycles. The summed E-state index contributed by atoms with van der Waals surface area (Å²) in [6, 6.07) is 19.6. The van der Waals surface area contributed by atoms with E-state index in [1.807, 2.05) is 24.3 Å². The van der Waals surface area contributed by atoms with Gasteiger partial charge in [0.25, 0.3) is 21.9 Å². The average molecular weight is 906 g/mol. The zero-order valence-corrected chi connectivity index (χ0v) is 34.9. The number of amides is 3. The molecule has 1 unspecified atom stereocenters. The molecule has 0 fully saturated rings. The second kappa shape index (κ2) is 20.3. The van der Waals surface area contributed by atoms with Crippen molar-refractivity contribution >= 4 is 68.5 Å². The molecule has 0 bridgehead atoms. The monoisotopic (exact) mass is 905 g/mol. The predicted octanol–water partition coefficient (Wildman–Crippen LogP) is 5.06. The second-order valence-corrected chi connectivity index (χ2v) is 16.0. The molecule has 0 aliphatic carbocycles. The molecule has 0 saturated heterocycles. The number of para-hydroxylation sites is 2. The number of halogens is 3. The molecular weight excluding hydrogens is 864 g/mol. The number of fused-ring (bicyclic) bond motifs is 2. The Morgan fingerprint density at radius 3 is 2.47 bits per heavy atom. The number of hydrazone groups is 1. The summed E-state index contributed by atoms with van der Waals surface area (Å²) in [7, 11) is -3.01. The molecule has 0 saturated carbocycles. The number of ether oxygens (including phenoxy) is 1. The van der Waals surface area contributed by atoms with Gasteiger partial charge in [0, 0.05) is 49.7 Å². The van der Waals surface area contributed by atoms with Gasteiger partial charge in [-0.15, -0.1) is 0 Å². The van der Waals surface area contributed by atoms with E-state index in [2.05, 4.69) is 40.8 Å². The maximum Gasteiger partial charge on any atom is 0.491 e. The van der Waals surface area contributed by atoms with Crippen LogP contribution in [0, 0.1) is 0 Å². The highest BCUT2D eigenvalue weighted by Crippen LogP contribution is 2.27. The molecule has 3 heterocycles. The van der Waals surface area contributed by atoms with Gasteiger partial charge in [-0.1, -0.05) is 43.2 Å². The summed E-state index contributed by atoms with van der Waals surface area (Å²) < 4.78 is 74.3. The van der Waals surface area contributed by atoms with Crippen LogP contribution >= 0.6 is 0 Å². The van der Waals surface area contributed by atoms with E-state index in [9.17, 15) is 50.1 Å². The van der Waals surface area contributed by atoms with Gasteiger partial charge < -0.3 is 30.2 Å². The molecule has 1 aliphatic rings. The summed E-state index contributed by atoms with van der Waals surface area (Å²) in [5, 5.41) is 9.66. The fourth-order valence-electron chi connectivity index (χ4n) is 6.72. The van der Waals surface area contributed by atoms with Crippen LogP contribution in [0.1, 0.15) is 69.8 Å². The fourth-order valence-corrected chi connectivity index (χ4v) is 7.39.